The minimum atomic E-state index is -0.318. The first kappa shape index (κ1) is 12.3. The Hall–Kier alpha value is -1.73. The Morgan fingerprint density at radius 2 is 2.19 bits per heavy atom. The van der Waals surface area contributed by atoms with Crippen LogP contribution < -0.4 is 4.74 Å². The highest BCUT2D eigenvalue weighted by atomic mass is 16.7. The molecule has 0 heterocycles. The van der Waals surface area contributed by atoms with Gasteiger partial charge in [-0.05, 0) is 19.1 Å². The second-order valence-corrected chi connectivity index (χ2v) is 3.20. The highest BCUT2D eigenvalue weighted by Gasteiger charge is 2.09. The Bertz CT molecular complexity index is 384. The average Bonchev–Trinajstić information content (AvgIpc) is 2.30. The quantitative estimate of drug-likeness (QED) is 0.775. The molecule has 0 saturated heterocycles. The van der Waals surface area contributed by atoms with Crippen molar-refractivity contribution in [1.82, 2.24) is 0 Å². The molecule has 1 aromatic rings. The standard InChI is InChI=1S/C12H15NO3/c1-3-12(15-4-2)16-10-5-6-11(14)9(7-10)8-13/h5-7,12,14H,3-4H2,1-2H3/t12-/m1/s1. The molecule has 86 valence electrons. The van der Waals surface area contributed by atoms with Gasteiger partial charge >= 0.3 is 0 Å². The molecule has 1 aromatic carbocycles. The summed E-state index contributed by atoms with van der Waals surface area (Å²) < 4.78 is 10.8. The third-order valence-electron chi connectivity index (χ3n) is 2.04. The molecule has 0 bridgehead atoms. The van der Waals surface area contributed by atoms with Crippen LogP contribution in [-0.2, 0) is 4.74 Å². The molecular weight excluding hydrogens is 206 g/mol. The zero-order valence-electron chi connectivity index (χ0n) is 9.43. The zero-order valence-corrected chi connectivity index (χ0v) is 9.43. The zero-order chi connectivity index (χ0) is 12.0. The Balaban J connectivity index is 2.77. The fourth-order valence-corrected chi connectivity index (χ4v) is 1.25. The van der Waals surface area contributed by atoms with Crippen LogP contribution in [-0.4, -0.2) is 18.0 Å². The minimum absolute atomic E-state index is 0.0423. The highest BCUT2D eigenvalue weighted by Crippen LogP contribution is 2.23. The number of ether oxygens (including phenoxy) is 2. The molecule has 0 aliphatic rings. The molecular formula is C12H15NO3. The summed E-state index contributed by atoms with van der Waals surface area (Å²) in [5.41, 5.74) is 0.198. The van der Waals surface area contributed by atoms with Crippen molar-refractivity contribution in [1.29, 1.82) is 5.26 Å². The van der Waals surface area contributed by atoms with Crippen molar-refractivity contribution in [3.8, 4) is 17.6 Å². The first-order valence-electron chi connectivity index (χ1n) is 5.22. The highest BCUT2D eigenvalue weighted by molar-refractivity contribution is 5.46. The van der Waals surface area contributed by atoms with E-state index < -0.39 is 0 Å². The van der Waals surface area contributed by atoms with Crippen LogP contribution in [0.15, 0.2) is 18.2 Å². The lowest BCUT2D eigenvalue weighted by molar-refractivity contribution is -0.0766. The molecule has 0 radical (unpaired) electrons. The van der Waals surface area contributed by atoms with E-state index in [1.54, 1.807) is 6.07 Å². The molecule has 4 heteroatoms. The van der Waals surface area contributed by atoms with Crippen molar-refractivity contribution in [2.45, 2.75) is 26.6 Å². The maximum atomic E-state index is 9.32. The summed E-state index contributed by atoms with van der Waals surface area (Å²) in [6.45, 7) is 4.41. The molecule has 0 saturated carbocycles. The van der Waals surface area contributed by atoms with Crippen molar-refractivity contribution in [2.75, 3.05) is 6.61 Å². The number of hydrogen-bond donors (Lipinski definition) is 1. The Kier molecular flexibility index (Phi) is 4.62. The van der Waals surface area contributed by atoms with Gasteiger partial charge in [0.2, 0.25) is 0 Å². The van der Waals surface area contributed by atoms with Crippen LogP contribution >= 0.6 is 0 Å². The van der Waals surface area contributed by atoms with Crippen LogP contribution in [0.2, 0.25) is 0 Å². The van der Waals surface area contributed by atoms with Crippen LogP contribution in [0.1, 0.15) is 25.8 Å². The second kappa shape index (κ2) is 5.99. The van der Waals surface area contributed by atoms with E-state index in [-0.39, 0.29) is 17.6 Å². The fraction of sp³-hybridized carbons (Fsp3) is 0.417. The van der Waals surface area contributed by atoms with Crippen molar-refractivity contribution in [2.24, 2.45) is 0 Å². The number of aromatic hydroxyl groups is 1. The smallest absolute Gasteiger partial charge is 0.199 e. The van der Waals surface area contributed by atoms with Gasteiger partial charge in [0.15, 0.2) is 6.29 Å². The number of rotatable bonds is 5. The summed E-state index contributed by atoms with van der Waals surface area (Å²) in [5, 5.41) is 18.1. The van der Waals surface area contributed by atoms with Crippen molar-refractivity contribution in [3.05, 3.63) is 23.8 Å². The van der Waals surface area contributed by atoms with Gasteiger partial charge in [-0.15, -0.1) is 0 Å². The maximum absolute atomic E-state index is 9.32. The fourth-order valence-electron chi connectivity index (χ4n) is 1.25. The molecule has 0 aliphatic heterocycles. The van der Waals surface area contributed by atoms with E-state index in [9.17, 15) is 5.11 Å². The Labute approximate surface area is 95.0 Å². The van der Waals surface area contributed by atoms with Crippen LogP contribution in [0.25, 0.3) is 0 Å². The summed E-state index contributed by atoms with van der Waals surface area (Å²) in [6, 6.07) is 6.43. The molecule has 0 amide bonds. The van der Waals surface area contributed by atoms with Gasteiger partial charge in [0.05, 0.1) is 5.56 Å². The number of phenols is 1. The third-order valence-corrected chi connectivity index (χ3v) is 2.04. The summed E-state index contributed by atoms with van der Waals surface area (Å²) in [7, 11) is 0. The lowest BCUT2D eigenvalue weighted by atomic mass is 10.2. The summed E-state index contributed by atoms with van der Waals surface area (Å²) >= 11 is 0. The van der Waals surface area contributed by atoms with Gasteiger partial charge < -0.3 is 14.6 Å². The summed E-state index contributed by atoms with van der Waals surface area (Å²) in [4.78, 5) is 0. The van der Waals surface area contributed by atoms with E-state index >= 15 is 0 Å². The lowest BCUT2D eigenvalue weighted by Crippen LogP contribution is -2.19. The van der Waals surface area contributed by atoms with Gasteiger partial charge in [0.1, 0.15) is 17.6 Å². The molecule has 0 unspecified atom stereocenters. The van der Waals surface area contributed by atoms with Crippen LogP contribution in [0.5, 0.6) is 11.5 Å². The molecule has 16 heavy (non-hydrogen) atoms. The van der Waals surface area contributed by atoms with E-state index in [2.05, 4.69) is 0 Å². The van der Waals surface area contributed by atoms with Crippen LogP contribution in [0, 0.1) is 11.3 Å². The molecule has 0 spiro atoms. The van der Waals surface area contributed by atoms with E-state index in [0.717, 1.165) is 6.42 Å². The SMILES string of the molecule is CCO[C@@H](CC)Oc1ccc(O)c(C#N)c1. The van der Waals surface area contributed by atoms with Gasteiger partial charge in [-0.1, -0.05) is 6.92 Å². The van der Waals surface area contributed by atoms with Crippen LogP contribution in [0.4, 0.5) is 0 Å². The van der Waals surface area contributed by atoms with Crippen LogP contribution in [0.3, 0.4) is 0 Å². The minimum Gasteiger partial charge on any atom is -0.507 e. The molecule has 0 fully saturated rings. The average molecular weight is 221 g/mol. The molecule has 1 atom stereocenters. The Morgan fingerprint density at radius 1 is 1.44 bits per heavy atom. The number of nitrogens with zero attached hydrogens (tertiary/aromatic N) is 1. The van der Waals surface area contributed by atoms with Gasteiger partial charge in [-0.2, -0.15) is 5.26 Å². The van der Waals surface area contributed by atoms with Gasteiger partial charge in [0, 0.05) is 19.1 Å². The summed E-state index contributed by atoms with van der Waals surface area (Å²) in [6.07, 6.45) is 0.400. The normalized spacial score (nSPS) is 11.8. The second-order valence-electron chi connectivity index (χ2n) is 3.20. The van der Waals surface area contributed by atoms with Crippen molar-refractivity contribution in [3.63, 3.8) is 0 Å². The number of phenolic OH excluding ortho intramolecular Hbond substituents is 1. The van der Waals surface area contributed by atoms with Crippen molar-refractivity contribution >= 4 is 0 Å². The van der Waals surface area contributed by atoms with Gasteiger partial charge in [0.25, 0.3) is 0 Å². The van der Waals surface area contributed by atoms with E-state index in [0.29, 0.717) is 12.4 Å². The van der Waals surface area contributed by atoms with Gasteiger partial charge in [-0.3, -0.25) is 0 Å². The number of nitriles is 1. The maximum Gasteiger partial charge on any atom is 0.199 e. The molecule has 0 aromatic heterocycles. The first-order valence-corrected chi connectivity index (χ1v) is 5.22. The topological polar surface area (TPSA) is 62.5 Å². The molecule has 1 rings (SSSR count). The molecule has 4 nitrogen and oxygen atoms in total. The van der Waals surface area contributed by atoms with E-state index in [1.807, 2.05) is 19.9 Å². The predicted molar refractivity (Wildman–Crippen MR) is 59.2 cm³/mol. The molecule has 0 aliphatic carbocycles. The van der Waals surface area contributed by atoms with E-state index in [1.165, 1.54) is 12.1 Å². The largest absolute Gasteiger partial charge is 0.507 e. The summed E-state index contributed by atoms with van der Waals surface area (Å²) in [5.74, 6) is 0.481. The van der Waals surface area contributed by atoms with E-state index in [4.69, 9.17) is 14.7 Å². The number of hydrogen-bond acceptors (Lipinski definition) is 4. The van der Waals surface area contributed by atoms with Gasteiger partial charge in [-0.25, -0.2) is 0 Å². The van der Waals surface area contributed by atoms with Crippen molar-refractivity contribution < 1.29 is 14.6 Å². The molecule has 1 N–H and O–H groups in total. The third kappa shape index (κ3) is 3.14. The Morgan fingerprint density at radius 3 is 2.75 bits per heavy atom. The predicted octanol–water partition coefficient (Wildman–Crippen LogP) is 2.42. The monoisotopic (exact) mass is 221 g/mol. The first-order chi connectivity index (χ1) is 7.71. The lowest BCUT2D eigenvalue weighted by Gasteiger charge is -2.17. The number of benzene rings is 1.